The van der Waals surface area contributed by atoms with E-state index in [1.807, 2.05) is 18.4 Å². The van der Waals surface area contributed by atoms with Crippen molar-refractivity contribution in [3.63, 3.8) is 0 Å². The first-order valence-corrected chi connectivity index (χ1v) is 8.87. The Bertz CT molecular complexity index is 453. The van der Waals surface area contributed by atoms with Crippen LogP contribution in [0, 0.1) is 5.92 Å². The maximum absolute atomic E-state index is 5.00. The molecule has 1 N–H and O–H groups in total. The summed E-state index contributed by atoms with van der Waals surface area (Å²) < 4.78 is 0. The van der Waals surface area contributed by atoms with E-state index >= 15 is 0 Å². The van der Waals surface area contributed by atoms with Crippen molar-refractivity contribution in [2.75, 3.05) is 19.0 Å². The van der Waals surface area contributed by atoms with E-state index in [0.29, 0.717) is 6.04 Å². The van der Waals surface area contributed by atoms with Crippen LogP contribution >= 0.6 is 11.3 Å². The zero-order valence-corrected chi connectivity index (χ0v) is 13.8. The molecular formula is C16H27N3S. The van der Waals surface area contributed by atoms with Gasteiger partial charge in [0.25, 0.3) is 0 Å². The summed E-state index contributed by atoms with van der Waals surface area (Å²) in [5.41, 5.74) is 1.38. The van der Waals surface area contributed by atoms with Crippen LogP contribution in [0.2, 0.25) is 0 Å². The summed E-state index contributed by atoms with van der Waals surface area (Å²) in [5.74, 6) is 1.62. The Morgan fingerprint density at radius 1 is 1.30 bits per heavy atom. The molecule has 2 atom stereocenters. The number of anilines is 1. The fourth-order valence-corrected chi connectivity index (χ4v) is 4.57. The number of rotatable bonds is 5. The lowest BCUT2D eigenvalue weighted by atomic mass is 9.86. The van der Waals surface area contributed by atoms with Crippen molar-refractivity contribution >= 4 is 16.5 Å². The van der Waals surface area contributed by atoms with Gasteiger partial charge in [-0.3, -0.25) is 0 Å². The van der Waals surface area contributed by atoms with Crippen LogP contribution in [0.5, 0.6) is 0 Å². The van der Waals surface area contributed by atoms with Crippen LogP contribution in [-0.4, -0.2) is 25.1 Å². The molecule has 1 aromatic rings. The Morgan fingerprint density at radius 2 is 2.10 bits per heavy atom. The van der Waals surface area contributed by atoms with Gasteiger partial charge in [0.05, 0.1) is 5.69 Å². The molecule has 0 bridgehead atoms. The van der Waals surface area contributed by atoms with Crippen molar-refractivity contribution < 1.29 is 0 Å². The van der Waals surface area contributed by atoms with E-state index in [9.17, 15) is 0 Å². The van der Waals surface area contributed by atoms with E-state index in [1.54, 1.807) is 0 Å². The van der Waals surface area contributed by atoms with Crippen LogP contribution in [0.15, 0.2) is 0 Å². The van der Waals surface area contributed by atoms with Crippen molar-refractivity contribution in [3.05, 3.63) is 10.6 Å². The van der Waals surface area contributed by atoms with Crippen molar-refractivity contribution in [2.45, 2.75) is 64.0 Å². The minimum Gasteiger partial charge on any atom is -0.348 e. The van der Waals surface area contributed by atoms with Crippen LogP contribution in [0.3, 0.4) is 0 Å². The maximum atomic E-state index is 5.00. The lowest BCUT2D eigenvalue weighted by Gasteiger charge is -2.33. The minimum absolute atomic E-state index is 0.694. The number of thiazole rings is 1. The van der Waals surface area contributed by atoms with Gasteiger partial charge in [0, 0.05) is 30.4 Å². The van der Waals surface area contributed by atoms with E-state index < -0.39 is 0 Å². The first kappa shape index (κ1) is 14.3. The highest BCUT2D eigenvalue weighted by molar-refractivity contribution is 7.15. The minimum atomic E-state index is 0.694. The summed E-state index contributed by atoms with van der Waals surface area (Å²) in [6, 6.07) is 0.694. The molecule has 0 aliphatic heterocycles. The van der Waals surface area contributed by atoms with E-state index in [4.69, 9.17) is 4.98 Å². The van der Waals surface area contributed by atoms with Gasteiger partial charge in [0.2, 0.25) is 0 Å². The average Bonchev–Trinajstić information content (AvgIpc) is 3.20. The normalized spacial score (nSPS) is 26.8. The maximum Gasteiger partial charge on any atom is 0.185 e. The van der Waals surface area contributed by atoms with Gasteiger partial charge < -0.3 is 10.2 Å². The highest BCUT2D eigenvalue weighted by atomic mass is 32.1. The Morgan fingerprint density at radius 3 is 2.75 bits per heavy atom. The van der Waals surface area contributed by atoms with E-state index in [2.05, 4.69) is 24.2 Å². The van der Waals surface area contributed by atoms with Gasteiger partial charge in [-0.05, 0) is 38.6 Å². The molecule has 0 aromatic carbocycles. The topological polar surface area (TPSA) is 28.2 Å². The standard InChI is InChI=1S/C16H27N3S/c1-11-5-4-6-13(9-11)19(3)16-18-15(12-7-8-12)14(20-16)10-17-2/h11-13,17H,4-10H2,1-3H3. The molecule has 2 aliphatic carbocycles. The lowest BCUT2D eigenvalue weighted by molar-refractivity contribution is 0.336. The molecule has 1 aromatic heterocycles. The van der Waals surface area contributed by atoms with Gasteiger partial charge in [-0.1, -0.05) is 19.8 Å². The third-order valence-corrected chi connectivity index (χ3v) is 5.94. The monoisotopic (exact) mass is 293 g/mol. The van der Waals surface area contributed by atoms with E-state index in [0.717, 1.165) is 18.4 Å². The molecule has 20 heavy (non-hydrogen) atoms. The molecule has 2 saturated carbocycles. The predicted molar refractivity (Wildman–Crippen MR) is 86.7 cm³/mol. The van der Waals surface area contributed by atoms with Crippen LogP contribution < -0.4 is 10.2 Å². The molecule has 112 valence electrons. The Balaban J connectivity index is 1.76. The summed E-state index contributed by atoms with van der Waals surface area (Å²) >= 11 is 1.91. The molecule has 2 fully saturated rings. The van der Waals surface area contributed by atoms with Crippen LogP contribution in [0.25, 0.3) is 0 Å². The van der Waals surface area contributed by atoms with E-state index in [1.165, 1.54) is 54.2 Å². The third-order valence-electron chi connectivity index (χ3n) is 4.78. The average molecular weight is 293 g/mol. The summed E-state index contributed by atoms with van der Waals surface area (Å²) in [6.45, 7) is 3.36. The van der Waals surface area contributed by atoms with Crippen molar-refractivity contribution in [1.82, 2.24) is 10.3 Å². The Hall–Kier alpha value is -0.610. The molecule has 0 spiro atoms. The van der Waals surface area contributed by atoms with Gasteiger partial charge >= 0.3 is 0 Å². The third kappa shape index (κ3) is 3.01. The van der Waals surface area contributed by atoms with Gasteiger partial charge in [-0.2, -0.15) is 0 Å². The number of hydrogen-bond acceptors (Lipinski definition) is 4. The van der Waals surface area contributed by atoms with Gasteiger partial charge in [-0.15, -0.1) is 11.3 Å². The fraction of sp³-hybridized carbons (Fsp3) is 0.812. The first-order valence-electron chi connectivity index (χ1n) is 8.06. The smallest absolute Gasteiger partial charge is 0.185 e. The number of nitrogens with one attached hydrogen (secondary N) is 1. The fourth-order valence-electron chi connectivity index (χ4n) is 3.37. The van der Waals surface area contributed by atoms with Crippen LogP contribution in [-0.2, 0) is 6.54 Å². The lowest BCUT2D eigenvalue weighted by Crippen LogP contribution is -2.35. The molecule has 3 rings (SSSR count). The molecule has 4 heteroatoms. The second-order valence-electron chi connectivity index (χ2n) is 6.65. The molecule has 0 saturated heterocycles. The second kappa shape index (κ2) is 6.02. The number of nitrogens with zero attached hydrogens (tertiary/aromatic N) is 2. The second-order valence-corrected chi connectivity index (χ2v) is 7.71. The van der Waals surface area contributed by atoms with Gasteiger partial charge in [0.1, 0.15) is 0 Å². The first-order chi connectivity index (χ1) is 9.69. The highest BCUT2D eigenvalue weighted by Crippen LogP contribution is 2.44. The molecule has 0 radical (unpaired) electrons. The quantitative estimate of drug-likeness (QED) is 0.896. The molecule has 1 heterocycles. The molecule has 3 nitrogen and oxygen atoms in total. The van der Waals surface area contributed by atoms with Crippen LogP contribution in [0.1, 0.15) is 61.9 Å². The zero-order chi connectivity index (χ0) is 14.1. The van der Waals surface area contributed by atoms with Crippen LogP contribution in [0.4, 0.5) is 5.13 Å². The molecule has 0 amide bonds. The van der Waals surface area contributed by atoms with Crippen molar-refractivity contribution in [1.29, 1.82) is 0 Å². The highest BCUT2D eigenvalue weighted by Gasteiger charge is 2.31. The number of aromatic nitrogens is 1. The molecule has 2 aliphatic rings. The predicted octanol–water partition coefficient (Wildman–Crippen LogP) is 3.75. The largest absolute Gasteiger partial charge is 0.348 e. The SMILES string of the molecule is CNCc1sc(N(C)C2CCCC(C)C2)nc1C1CC1. The Kier molecular flexibility index (Phi) is 4.32. The summed E-state index contributed by atoms with van der Waals surface area (Å²) in [5, 5.41) is 4.54. The summed E-state index contributed by atoms with van der Waals surface area (Å²) in [7, 11) is 4.28. The Labute approximate surface area is 126 Å². The molecular weight excluding hydrogens is 266 g/mol. The van der Waals surface area contributed by atoms with Crippen molar-refractivity contribution in [3.8, 4) is 0 Å². The summed E-state index contributed by atoms with van der Waals surface area (Å²) in [4.78, 5) is 8.92. The zero-order valence-electron chi connectivity index (χ0n) is 13.0. The van der Waals surface area contributed by atoms with E-state index in [-0.39, 0.29) is 0 Å². The van der Waals surface area contributed by atoms with Gasteiger partial charge in [0.15, 0.2) is 5.13 Å². The van der Waals surface area contributed by atoms with Gasteiger partial charge in [-0.25, -0.2) is 4.98 Å². The van der Waals surface area contributed by atoms with Crippen molar-refractivity contribution in [2.24, 2.45) is 5.92 Å². The number of hydrogen-bond donors (Lipinski definition) is 1. The molecule has 2 unspecified atom stereocenters. The summed E-state index contributed by atoms with van der Waals surface area (Å²) in [6.07, 6.45) is 8.12.